The highest BCUT2D eigenvalue weighted by Crippen LogP contribution is 2.12. The van der Waals surface area contributed by atoms with Crippen LogP contribution in [0.4, 0.5) is 0 Å². The quantitative estimate of drug-likeness (QED) is 0.459. The molecule has 0 amide bonds. The van der Waals surface area contributed by atoms with Crippen LogP contribution in [0, 0.1) is 0 Å². The maximum atomic E-state index is 9.10. The van der Waals surface area contributed by atoms with E-state index >= 15 is 0 Å². The van der Waals surface area contributed by atoms with E-state index in [1.54, 1.807) is 0 Å². The topological polar surface area (TPSA) is 46.2 Å². The average molecular weight is 147 g/mol. The van der Waals surface area contributed by atoms with Gasteiger partial charge in [0.2, 0.25) is 0 Å². The highest BCUT2D eigenvalue weighted by atomic mass is 32.2. The number of hydrogen-bond donors (Lipinski definition) is 2. The Bertz CT molecular complexity index is 83.1. The molecular formula is C6H13NOS. The fraction of sp³-hybridized carbons (Fsp3) is 0.667. The summed E-state index contributed by atoms with van der Waals surface area (Å²) in [7, 11) is 0. The fourth-order valence-electron chi connectivity index (χ4n) is 0.570. The average Bonchev–Trinajstić information content (AvgIpc) is 1.90. The molecule has 2 nitrogen and oxygen atoms in total. The molecule has 0 aromatic rings. The first-order valence-corrected chi connectivity index (χ1v) is 3.86. The maximum Gasteiger partial charge on any atom is 0.0849 e. The molecule has 0 aliphatic rings. The molecule has 0 saturated heterocycles. The Balaban J connectivity index is 3.63. The van der Waals surface area contributed by atoms with Crippen molar-refractivity contribution in [3.63, 3.8) is 0 Å². The summed E-state index contributed by atoms with van der Waals surface area (Å²) < 4.78 is 0. The first-order chi connectivity index (χ1) is 4.26. The van der Waals surface area contributed by atoms with Gasteiger partial charge >= 0.3 is 0 Å². The zero-order valence-corrected chi connectivity index (χ0v) is 6.40. The Morgan fingerprint density at radius 2 is 2.44 bits per heavy atom. The molecule has 0 aromatic heterocycles. The van der Waals surface area contributed by atoms with Crippen molar-refractivity contribution in [2.45, 2.75) is 24.7 Å². The first-order valence-electron chi connectivity index (χ1n) is 2.92. The van der Waals surface area contributed by atoms with E-state index in [0.29, 0.717) is 0 Å². The molecule has 2 atom stereocenters. The Morgan fingerprint density at radius 1 is 1.89 bits per heavy atom. The van der Waals surface area contributed by atoms with E-state index in [1.807, 2.05) is 6.92 Å². The highest BCUT2D eigenvalue weighted by molar-refractivity contribution is 7.97. The second-order valence-electron chi connectivity index (χ2n) is 1.81. The van der Waals surface area contributed by atoms with Crippen LogP contribution in [0.25, 0.3) is 0 Å². The molecule has 0 aliphatic heterocycles. The molecule has 0 spiro atoms. The monoisotopic (exact) mass is 147 g/mol. The Labute approximate surface area is 60.3 Å². The Hall–Kier alpha value is 0.01000. The third-order valence-corrected chi connectivity index (χ3v) is 2.16. The summed E-state index contributed by atoms with van der Waals surface area (Å²) in [6.45, 7) is 5.44. The number of aliphatic hydroxyl groups is 1. The zero-order valence-electron chi connectivity index (χ0n) is 5.58. The van der Waals surface area contributed by atoms with Gasteiger partial charge in [0, 0.05) is 5.25 Å². The van der Waals surface area contributed by atoms with Gasteiger partial charge in [-0.2, -0.15) is 0 Å². The predicted octanol–water partition coefficient (Wildman–Crippen LogP) is 0.919. The number of hydrogen-bond acceptors (Lipinski definition) is 3. The predicted molar refractivity (Wildman–Crippen MR) is 42.1 cm³/mol. The lowest BCUT2D eigenvalue weighted by atomic mass is 10.2. The normalized spacial score (nSPS) is 16.8. The molecular weight excluding hydrogens is 134 g/mol. The van der Waals surface area contributed by atoms with E-state index in [2.05, 4.69) is 6.58 Å². The molecule has 0 rings (SSSR count). The third-order valence-electron chi connectivity index (χ3n) is 1.20. The molecule has 54 valence electrons. The molecule has 2 unspecified atom stereocenters. The van der Waals surface area contributed by atoms with Crippen LogP contribution in [0.5, 0.6) is 0 Å². The zero-order chi connectivity index (χ0) is 7.28. The van der Waals surface area contributed by atoms with E-state index in [0.717, 1.165) is 6.42 Å². The molecule has 3 heteroatoms. The lowest BCUT2D eigenvalue weighted by molar-refractivity contribution is 0.218. The fourth-order valence-corrected chi connectivity index (χ4v) is 1.03. The molecule has 3 N–H and O–H groups in total. The van der Waals surface area contributed by atoms with Crippen molar-refractivity contribution in [2.75, 3.05) is 0 Å². The molecule has 0 aliphatic carbocycles. The molecule has 0 saturated carbocycles. The van der Waals surface area contributed by atoms with Gasteiger partial charge in [-0.25, -0.2) is 0 Å². The van der Waals surface area contributed by atoms with Gasteiger partial charge in [0.15, 0.2) is 0 Å². The molecule has 0 fully saturated rings. The van der Waals surface area contributed by atoms with Gasteiger partial charge in [-0.05, 0) is 6.42 Å². The van der Waals surface area contributed by atoms with Crippen LogP contribution in [0.3, 0.4) is 0 Å². The van der Waals surface area contributed by atoms with Crippen LogP contribution in [0.2, 0.25) is 0 Å². The van der Waals surface area contributed by atoms with Crippen molar-refractivity contribution in [3.8, 4) is 0 Å². The van der Waals surface area contributed by atoms with Gasteiger partial charge in [0.05, 0.1) is 6.10 Å². The largest absolute Gasteiger partial charge is 0.388 e. The molecule has 0 aromatic carbocycles. The summed E-state index contributed by atoms with van der Waals surface area (Å²) in [4.78, 5) is 0. The van der Waals surface area contributed by atoms with Gasteiger partial charge in [-0.1, -0.05) is 24.9 Å². The maximum absolute atomic E-state index is 9.10. The summed E-state index contributed by atoms with van der Waals surface area (Å²) in [6.07, 6.45) is 1.91. The minimum absolute atomic E-state index is 0.0995. The van der Waals surface area contributed by atoms with Crippen LogP contribution in [0.1, 0.15) is 13.3 Å². The van der Waals surface area contributed by atoms with Crippen molar-refractivity contribution >= 4 is 11.9 Å². The molecule has 9 heavy (non-hydrogen) atoms. The summed E-state index contributed by atoms with van der Waals surface area (Å²) >= 11 is 1.18. The van der Waals surface area contributed by atoms with Gasteiger partial charge in [-0.15, -0.1) is 6.58 Å². The smallest absolute Gasteiger partial charge is 0.0849 e. The molecule has 0 bridgehead atoms. The summed E-state index contributed by atoms with van der Waals surface area (Å²) in [6, 6.07) is 0. The van der Waals surface area contributed by atoms with Crippen molar-refractivity contribution in [1.29, 1.82) is 0 Å². The number of aliphatic hydroxyl groups excluding tert-OH is 1. The van der Waals surface area contributed by atoms with Crippen LogP contribution in [-0.4, -0.2) is 16.5 Å². The highest BCUT2D eigenvalue weighted by Gasteiger charge is 2.11. The number of nitrogens with two attached hydrogens (primary N) is 1. The van der Waals surface area contributed by atoms with Crippen LogP contribution in [0.15, 0.2) is 12.7 Å². The molecule has 0 radical (unpaired) electrons. The van der Waals surface area contributed by atoms with Gasteiger partial charge < -0.3 is 5.11 Å². The van der Waals surface area contributed by atoms with Crippen molar-refractivity contribution in [2.24, 2.45) is 5.14 Å². The Kier molecular flexibility index (Phi) is 4.85. The van der Waals surface area contributed by atoms with Crippen LogP contribution < -0.4 is 5.14 Å². The van der Waals surface area contributed by atoms with Crippen LogP contribution >= 0.6 is 11.9 Å². The van der Waals surface area contributed by atoms with Crippen molar-refractivity contribution in [3.05, 3.63) is 12.7 Å². The van der Waals surface area contributed by atoms with E-state index in [1.165, 1.54) is 18.0 Å². The van der Waals surface area contributed by atoms with Gasteiger partial charge in [0.25, 0.3) is 0 Å². The minimum atomic E-state index is -0.468. The van der Waals surface area contributed by atoms with Crippen molar-refractivity contribution in [1.82, 2.24) is 0 Å². The van der Waals surface area contributed by atoms with E-state index in [-0.39, 0.29) is 5.25 Å². The van der Waals surface area contributed by atoms with E-state index < -0.39 is 6.10 Å². The Morgan fingerprint density at radius 3 is 2.56 bits per heavy atom. The summed E-state index contributed by atoms with van der Waals surface area (Å²) in [5.74, 6) is 0. The van der Waals surface area contributed by atoms with E-state index in [4.69, 9.17) is 10.2 Å². The molecule has 0 heterocycles. The second-order valence-corrected chi connectivity index (χ2v) is 2.69. The standard InChI is InChI=1S/C6H13NOS/c1-3-5(8)6(4-2)9-7/h3,5-6,8H,1,4,7H2,2H3. The second kappa shape index (κ2) is 4.85. The summed E-state index contributed by atoms with van der Waals surface area (Å²) in [5.41, 5.74) is 0. The van der Waals surface area contributed by atoms with Crippen molar-refractivity contribution < 1.29 is 5.11 Å². The minimum Gasteiger partial charge on any atom is -0.388 e. The lowest BCUT2D eigenvalue weighted by Gasteiger charge is -2.14. The SMILES string of the molecule is C=CC(O)C(CC)SN. The summed E-state index contributed by atoms with van der Waals surface area (Å²) in [5, 5.41) is 14.5. The van der Waals surface area contributed by atoms with Gasteiger partial charge in [0.1, 0.15) is 0 Å². The lowest BCUT2D eigenvalue weighted by Crippen LogP contribution is -2.21. The third kappa shape index (κ3) is 2.89. The number of rotatable bonds is 4. The first kappa shape index (κ1) is 9.01. The van der Waals surface area contributed by atoms with Gasteiger partial charge in [-0.3, -0.25) is 5.14 Å². The van der Waals surface area contributed by atoms with E-state index in [9.17, 15) is 0 Å². The van der Waals surface area contributed by atoms with Crippen LogP contribution in [-0.2, 0) is 0 Å².